The molecule has 0 spiro atoms. The van der Waals surface area contributed by atoms with Crippen molar-refractivity contribution in [1.82, 2.24) is 0 Å². The molecule has 1 fully saturated rings. The lowest BCUT2D eigenvalue weighted by Crippen LogP contribution is -2.40. The highest BCUT2D eigenvalue weighted by atomic mass is 14.7. The highest BCUT2D eigenvalue weighted by Crippen LogP contribution is 2.45. The highest BCUT2D eigenvalue weighted by molar-refractivity contribution is 5.29. The van der Waals surface area contributed by atoms with Crippen molar-refractivity contribution in [2.45, 2.75) is 43.6 Å². The first kappa shape index (κ1) is 13.4. The molecule has 0 amide bonds. The Balaban J connectivity index is 1.90. The summed E-state index contributed by atoms with van der Waals surface area (Å²) in [5, 5.41) is 0. The van der Waals surface area contributed by atoms with Crippen LogP contribution in [0.4, 0.5) is 0 Å². The first-order valence-electron chi connectivity index (χ1n) is 7.53. The average Bonchev–Trinajstić information content (AvgIpc) is 2.48. The maximum Gasteiger partial charge on any atom is 0.00530 e. The molecule has 0 heterocycles. The van der Waals surface area contributed by atoms with Gasteiger partial charge in [0.15, 0.2) is 0 Å². The second-order valence-electron chi connectivity index (χ2n) is 6.44. The Kier molecular flexibility index (Phi) is 3.62. The van der Waals surface area contributed by atoms with Gasteiger partial charge in [-0.1, -0.05) is 67.6 Å². The minimum atomic E-state index is 0.194. The van der Waals surface area contributed by atoms with E-state index in [4.69, 9.17) is 5.73 Å². The summed E-state index contributed by atoms with van der Waals surface area (Å²) in [5.74, 6) is 0.574. The molecule has 1 nitrogen and oxygen atoms in total. The lowest BCUT2D eigenvalue weighted by atomic mass is 9.64. The second-order valence-corrected chi connectivity index (χ2v) is 6.44. The normalized spacial score (nSPS) is 30.1. The molecule has 0 radical (unpaired) electrons. The molecule has 0 aliphatic heterocycles. The smallest absolute Gasteiger partial charge is 0.00530 e. The molecule has 0 aromatic heterocycles. The van der Waals surface area contributed by atoms with Crippen molar-refractivity contribution in [3.8, 4) is 0 Å². The summed E-state index contributed by atoms with van der Waals surface area (Å²) in [7, 11) is 0. The van der Waals surface area contributed by atoms with Gasteiger partial charge in [-0.2, -0.15) is 0 Å². The number of nitrogens with two attached hydrogens (primary N) is 1. The van der Waals surface area contributed by atoms with Gasteiger partial charge in [-0.05, 0) is 41.7 Å². The molecule has 0 saturated heterocycles. The number of rotatable bonds is 2. The van der Waals surface area contributed by atoms with Crippen molar-refractivity contribution in [2.24, 2.45) is 5.73 Å². The Morgan fingerprint density at radius 1 is 0.900 bits per heavy atom. The van der Waals surface area contributed by atoms with E-state index in [9.17, 15) is 0 Å². The third kappa shape index (κ3) is 2.64. The fourth-order valence-corrected chi connectivity index (χ4v) is 3.79. The summed E-state index contributed by atoms with van der Waals surface area (Å²) >= 11 is 0. The SMILES string of the molecule is C[C@]1(c2ccccc2)C[C@H](N)C[C@H](c2ccccc2)C1. The predicted molar refractivity (Wildman–Crippen MR) is 84.8 cm³/mol. The fraction of sp³-hybridized carbons (Fsp3) is 0.368. The lowest BCUT2D eigenvalue weighted by Gasteiger charge is -2.42. The van der Waals surface area contributed by atoms with E-state index in [1.165, 1.54) is 17.5 Å². The molecule has 0 bridgehead atoms. The van der Waals surface area contributed by atoms with Gasteiger partial charge in [-0.3, -0.25) is 0 Å². The van der Waals surface area contributed by atoms with Crippen LogP contribution in [0.25, 0.3) is 0 Å². The van der Waals surface area contributed by atoms with Gasteiger partial charge in [0.05, 0.1) is 0 Å². The van der Waals surface area contributed by atoms with Crippen molar-refractivity contribution < 1.29 is 0 Å². The third-order valence-corrected chi connectivity index (χ3v) is 4.74. The third-order valence-electron chi connectivity index (χ3n) is 4.74. The van der Waals surface area contributed by atoms with Gasteiger partial charge in [0.2, 0.25) is 0 Å². The zero-order chi connectivity index (χ0) is 14.0. The Morgan fingerprint density at radius 3 is 2.15 bits per heavy atom. The number of hydrogen-bond acceptors (Lipinski definition) is 1. The minimum absolute atomic E-state index is 0.194. The molecule has 2 N–H and O–H groups in total. The quantitative estimate of drug-likeness (QED) is 0.863. The zero-order valence-corrected chi connectivity index (χ0v) is 12.1. The van der Waals surface area contributed by atoms with Crippen molar-refractivity contribution >= 4 is 0 Å². The van der Waals surface area contributed by atoms with Crippen molar-refractivity contribution in [3.05, 3.63) is 71.8 Å². The first-order chi connectivity index (χ1) is 9.67. The maximum absolute atomic E-state index is 6.38. The van der Waals surface area contributed by atoms with Gasteiger partial charge in [-0.15, -0.1) is 0 Å². The summed E-state index contributed by atoms with van der Waals surface area (Å²) < 4.78 is 0. The van der Waals surface area contributed by atoms with Gasteiger partial charge in [0.25, 0.3) is 0 Å². The molecule has 2 aromatic carbocycles. The van der Waals surface area contributed by atoms with Crippen molar-refractivity contribution in [1.29, 1.82) is 0 Å². The summed E-state index contributed by atoms with van der Waals surface area (Å²) in [4.78, 5) is 0. The molecule has 0 unspecified atom stereocenters. The van der Waals surface area contributed by atoms with Crippen LogP contribution in [0, 0.1) is 0 Å². The van der Waals surface area contributed by atoms with Crippen LogP contribution in [0.15, 0.2) is 60.7 Å². The van der Waals surface area contributed by atoms with Crippen LogP contribution < -0.4 is 5.73 Å². The fourth-order valence-electron chi connectivity index (χ4n) is 3.79. The standard InChI is InChI=1S/C19H23N/c1-19(17-10-6-3-7-11-17)13-16(12-18(20)14-19)15-8-4-2-5-9-15/h2-11,16,18H,12-14,20H2,1H3/t16-,18+,19+/m0/s1. The van der Waals surface area contributed by atoms with Gasteiger partial charge in [-0.25, -0.2) is 0 Å². The van der Waals surface area contributed by atoms with Crippen molar-refractivity contribution in [3.63, 3.8) is 0 Å². The summed E-state index contributed by atoms with van der Waals surface area (Å²) in [6.45, 7) is 2.37. The molecular formula is C19H23N. The highest BCUT2D eigenvalue weighted by Gasteiger charge is 2.37. The molecule has 2 aromatic rings. The maximum atomic E-state index is 6.38. The second kappa shape index (κ2) is 5.41. The summed E-state index contributed by atoms with van der Waals surface area (Å²) in [5.41, 5.74) is 9.43. The Bertz CT molecular complexity index is 548. The van der Waals surface area contributed by atoms with E-state index in [1.807, 2.05) is 0 Å². The van der Waals surface area contributed by atoms with E-state index in [0.29, 0.717) is 12.0 Å². The molecule has 3 rings (SSSR count). The van der Waals surface area contributed by atoms with Gasteiger partial charge in [0, 0.05) is 6.04 Å². The van der Waals surface area contributed by atoms with Gasteiger partial charge < -0.3 is 5.73 Å². The Morgan fingerprint density at radius 2 is 1.50 bits per heavy atom. The van der Waals surface area contributed by atoms with Crippen LogP contribution in [0.5, 0.6) is 0 Å². The van der Waals surface area contributed by atoms with E-state index in [2.05, 4.69) is 67.6 Å². The summed E-state index contributed by atoms with van der Waals surface area (Å²) in [6, 6.07) is 22.0. The average molecular weight is 265 g/mol. The molecular weight excluding hydrogens is 242 g/mol. The van der Waals surface area contributed by atoms with Crippen molar-refractivity contribution in [2.75, 3.05) is 0 Å². The molecule has 104 valence electrons. The van der Waals surface area contributed by atoms with E-state index < -0.39 is 0 Å². The van der Waals surface area contributed by atoms with Crippen LogP contribution in [0.2, 0.25) is 0 Å². The van der Waals surface area contributed by atoms with Crippen LogP contribution in [-0.2, 0) is 5.41 Å². The monoisotopic (exact) mass is 265 g/mol. The Labute approximate surface area is 121 Å². The largest absolute Gasteiger partial charge is 0.328 e. The van der Waals surface area contributed by atoms with Crippen LogP contribution in [-0.4, -0.2) is 6.04 Å². The van der Waals surface area contributed by atoms with Crippen LogP contribution >= 0.6 is 0 Å². The number of benzene rings is 2. The topological polar surface area (TPSA) is 26.0 Å². The molecule has 20 heavy (non-hydrogen) atoms. The molecule has 3 atom stereocenters. The molecule has 1 heteroatoms. The van der Waals surface area contributed by atoms with E-state index >= 15 is 0 Å². The predicted octanol–water partition coefficient (Wildman–Crippen LogP) is 4.24. The lowest BCUT2D eigenvalue weighted by molar-refractivity contribution is 0.258. The van der Waals surface area contributed by atoms with E-state index in [0.717, 1.165) is 12.8 Å². The zero-order valence-electron chi connectivity index (χ0n) is 12.1. The summed E-state index contributed by atoms with van der Waals surface area (Å²) in [6.07, 6.45) is 3.38. The van der Waals surface area contributed by atoms with E-state index in [-0.39, 0.29) is 5.41 Å². The van der Waals surface area contributed by atoms with Gasteiger partial charge >= 0.3 is 0 Å². The van der Waals surface area contributed by atoms with Gasteiger partial charge in [0.1, 0.15) is 0 Å². The minimum Gasteiger partial charge on any atom is -0.328 e. The van der Waals surface area contributed by atoms with E-state index in [1.54, 1.807) is 0 Å². The molecule has 1 aliphatic rings. The van der Waals surface area contributed by atoms with Crippen LogP contribution in [0.1, 0.15) is 43.2 Å². The Hall–Kier alpha value is -1.60. The molecule has 1 saturated carbocycles. The first-order valence-corrected chi connectivity index (χ1v) is 7.53. The number of hydrogen-bond donors (Lipinski definition) is 1. The molecule has 1 aliphatic carbocycles. The van der Waals surface area contributed by atoms with Crippen LogP contribution in [0.3, 0.4) is 0 Å².